The number of ether oxygens (including phenoxy) is 1. The Kier molecular flexibility index (Phi) is 5.57. The van der Waals surface area contributed by atoms with Crippen molar-refractivity contribution in [3.05, 3.63) is 58.1 Å². The first-order valence-corrected chi connectivity index (χ1v) is 8.16. The summed E-state index contributed by atoms with van der Waals surface area (Å²) in [6, 6.07) is 11.9. The maximum Gasteiger partial charge on any atom is 0.124 e. The number of hydrogen-bond donors (Lipinski definition) is 1. The summed E-state index contributed by atoms with van der Waals surface area (Å²) in [5.74, 6) is 1.65. The Labute approximate surface area is 135 Å². The number of thioether (sulfide) groups is 1. The summed E-state index contributed by atoms with van der Waals surface area (Å²) in [6.45, 7) is 4.14. The van der Waals surface area contributed by atoms with Crippen molar-refractivity contribution in [2.24, 2.45) is 5.73 Å². The third kappa shape index (κ3) is 4.16. The first kappa shape index (κ1) is 16.2. The Hall–Kier alpha value is -1.16. The average molecular weight is 322 g/mol. The molecule has 2 aromatic rings. The van der Waals surface area contributed by atoms with Crippen molar-refractivity contribution in [1.29, 1.82) is 0 Å². The van der Waals surface area contributed by atoms with E-state index in [1.807, 2.05) is 30.3 Å². The van der Waals surface area contributed by atoms with Crippen LogP contribution in [0.4, 0.5) is 0 Å². The number of hydrogen-bond acceptors (Lipinski definition) is 3. The Morgan fingerprint density at radius 1 is 1.24 bits per heavy atom. The summed E-state index contributed by atoms with van der Waals surface area (Å²) in [6.07, 6.45) is 0. The summed E-state index contributed by atoms with van der Waals surface area (Å²) >= 11 is 7.71. The zero-order chi connectivity index (χ0) is 15.4. The van der Waals surface area contributed by atoms with E-state index in [2.05, 4.69) is 19.9 Å². The van der Waals surface area contributed by atoms with Crippen LogP contribution in [0.5, 0.6) is 5.75 Å². The van der Waals surface area contributed by atoms with Gasteiger partial charge in [-0.3, -0.25) is 0 Å². The summed E-state index contributed by atoms with van der Waals surface area (Å²) in [7, 11) is 1.69. The molecule has 0 fully saturated rings. The minimum Gasteiger partial charge on any atom is -0.496 e. The first-order valence-electron chi connectivity index (χ1n) is 6.80. The van der Waals surface area contributed by atoms with E-state index in [1.165, 1.54) is 11.1 Å². The summed E-state index contributed by atoms with van der Waals surface area (Å²) in [5.41, 5.74) is 9.81. The van der Waals surface area contributed by atoms with Gasteiger partial charge < -0.3 is 10.5 Å². The molecule has 0 aliphatic heterocycles. The molecule has 21 heavy (non-hydrogen) atoms. The van der Waals surface area contributed by atoms with Gasteiger partial charge in [-0.15, -0.1) is 11.8 Å². The molecule has 0 radical (unpaired) electrons. The molecular formula is C17H20ClNOS. The third-order valence-electron chi connectivity index (χ3n) is 3.31. The smallest absolute Gasteiger partial charge is 0.124 e. The van der Waals surface area contributed by atoms with E-state index < -0.39 is 0 Å². The van der Waals surface area contributed by atoms with Crippen molar-refractivity contribution in [2.75, 3.05) is 12.9 Å². The molecule has 1 unspecified atom stereocenters. The maximum absolute atomic E-state index is 6.37. The molecule has 0 aliphatic carbocycles. The van der Waals surface area contributed by atoms with Gasteiger partial charge in [0.05, 0.1) is 7.11 Å². The largest absolute Gasteiger partial charge is 0.496 e. The number of nitrogens with two attached hydrogens (primary N) is 1. The van der Waals surface area contributed by atoms with Crippen LogP contribution >= 0.6 is 23.4 Å². The van der Waals surface area contributed by atoms with Crippen molar-refractivity contribution in [2.45, 2.75) is 24.8 Å². The van der Waals surface area contributed by atoms with Crippen LogP contribution in [0, 0.1) is 13.8 Å². The fourth-order valence-corrected chi connectivity index (χ4v) is 3.59. The van der Waals surface area contributed by atoms with Gasteiger partial charge >= 0.3 is 0 Å². The van der Waals surface area contributed by atoms with E-state index in [9.17, 15) is 0 Å². The lowest BCUT2D eigenvalue weighted by atomic mass is 9.99. The molecule has 0 saturated carbocycles. The number of rotatable bonds is 5. The minimum absolute atomic E-state index is 0.0791. The van der Waals surface area contributed by atoms with Gasteiger partial charge in [0.15, 0.2) is 0 Å². The lowest BCUT2D eigenvalue weighted by Crippen LogP contribution is -2.16. The molecule has 4 heteroatoms. The van der Waals surface area contributed by atoms with Gasteiger partial charge in [0.25, 0.3) is 0 Å². The van der Waals surface area contributed by atoms with Crippen LogP contribution in [-0.2, 0) is 0 Å². The zero-order valence-electron chi connectivity index (χ0n) is 12.5. The quantitative estimate of drug-likeness (QED) is 0.806. The fraction of sp³-hybridized carbons (Fsp3) is 0.294. The highest BCUT2D eigenvalue weighted by Crippen LogP contribution is 2.32. The van der Waals surface area contributed by atoms with Gasteiger partial charge in [-0.2, -0.15) is 0 Å². The molecular weight excluding hydrogens is 302 g/mol. The van der Waals surface area contributed by atoms with Crippen LogP contribution in [-0.4, -0.2) is 12.9 Å². The number of benzene rings is 2. The molecule has 0 aromatic heterocycles. The van der Waals surface area contributed by atoms with Gasteiger partial charge in [-0.1, -0.05) is 23.7 Å². The van der Waals surface area contributed by atoms with Gasteiger partial charge in [0, 0.05) is 27.3 Å². The van der Waals surface area contributed by atoms with E-state index >= 15 is 0 Å². The second-order valence-corrected chi connectivity index (χ2v) is 6.60. The molecule has 0 saturated heterocycles. The van der Waals surface area contributed by atoms with Crippen LogP contribution in [0.3, 0.4) is 0 Å². The molecule has 0 spiro atoms. The average Bonchev–Trinajstić information content (AvgIpc) is 2.44. The van der Waals surface area contributed by atoms with Gasteiger partial charge in [-0.05, 0) is 49.2 Å². The monoisotopic (exact) mass is 321 g/mol. The van der Waals surface area contributed by atoms with Gasteiger partial charge in [0.2, 0.25) is 0 Å². The third-order valence-corrected chi connectivity index (χ3v) is 4.66. The molecule has 1 atom stereocenters. The first-order chi connectivity index (χ1) is 10.0. The van der Waals surface area contributed by atoms with E-state index in [1.54, 1.807) is 18.9 Å². The predicted octanol–water partition coefficient (Wildman–Crippen LogP) is 4.76. The van der Waals surface area contributed by atoms with Crippen LogP contribution < -0.4 is 10.5 Å². The van der Waals surface area contributed by atoms with Crippen molar-refractivity contribution < 1.29 is 4.74 Å². The summed E-state index contributed by atoms with van der Waals surface area (Å²) in [5, 5.41) is 0.748. The van der Waals surface area contributed by atoms with Gasteiger partial charge in [0.1, 0.15) is 5.75 Å². The number of halogens is 1. The van der Waals surface area contributed by atoms with Crippen LogP contribution in [0.15, 0.2) is 41.3 Å². The molecule has 2 rings (SSSR count). The van der Waals surface area contributed by atoms with E-state index in [-0.39, 0.29) is 6.04 Å². The van der Waals surface area contributed by atoms with Crippen molar-refractivity contribution >= 4 is 23.4 Å². The molecule has 0 aliphatic rings. The number of methoxy groups -OCH3 is 1. The lowest BCUT2D eigenvalue weighted by molar-refractivity contribution is 0.406. The van der Waals surface area contributed by atoms with E-state index in [0.717, 1.165) is 27.0 Å². The zero-order valence-corrected chi connectivity index (χ0v) is 14.1. The molecule has 2 N–H and O–H groups in total. The van der Waals surface area contributed by atoms with Gasteiger partial charge in [-0.25, -0.2) is 0 Å². The molecule has 0 heterocycles. The maximum atomic E-state index is 6.37. The van der Waals surface area contributed by atoms with Crippen molar-refractivity contribution in [3.63, 3.8) is 0 Å². The van der Waals surface area contributed by atoms with E-state index in [0.29, 0.717) is 0 Å². The molecule has 2 nitrogen and oxygen atoms in total. The highest BCUT2D eigenvalue weighted by molar-refractivity contribution is 7.99. The highest BCUT2D eigenvalue weighted by atomic mass is 35.5. The van der Waals surface area contributed by atoms with E-state index in [4.69, 9.17) is 22.1 Å². The number of aryl methyl sites for hydroxylation is 2. The Morgan fingerprint density at radius 3 is 2.67 bits per heavy atom. The van der Waals surface area contributed by atoms with Crippen LogP contribution in [0.2, 0.25) is 5.02 Å². The highest BCUT2D eigenvalue weighted by Gasteiger charge is 2.16. The Morgan fingerprint density at radius 2 is 2.00 bits per heavy atom. The molecule has 0 amide bonds. The second kappa shape index (κ2) is 7.21. The standard InChI is InChI=1S/C17H20ClNOS/c1-11-7-12(2)17(16(8-11)20-3)15(19)10-21-14-6-4-5-13(18)9-14/h4-9,15H,10,19H2,1-3H3. The van der Waals surface area contributed by atoms with Crippen molar-refractivity contribution in [3.8, 4) is 5.75 Å². The minimum atomic E-state index is -0.0791. The van der Waals surface area contributed by atoms with Crippen LogP contribution in [0.1, 0.15) is 22.7 Å². The normalized spacial score (nSPS) is 12.2. The second-order valence-electron chi connectivity index (χ2n) is 5.07. The lowest BCUT2D eigenvalue weighted by Gasteiger charge is -2.19. The summed E-state index contributed by atoms with van der Waals surface area (Å²) in [4.78, 5) is 1.13. The molecule has 2 aromatic carbocycles. The molecule has 0 bridgehead atoms. The molecule has 112 valence electrons. The fourth-order valence-electron chi connectivity index (χ4n) is 2.41. The summed E-state index contributed by atoms with van der Waals surface area (Å²) < 4.78 is 5.49. The Balaban J connectivity index is 2.15. The Bertz CT molecular complexity index is 630. The predicted molar refractivity (Wildman–Crippen MR) is 91.6 cm³/mol. The van der Waals surface area contributed by atoms with Crippen molar-refractivity contribution in [1.82, 2.24) is 0 Å². The van der Waals surface area contributed by atoms with Crippen LogP contribution in [0.25, 0.3) is 0 Å². The topological polar surface area (TPSA) is 35.2 Å². The SMILES string of the molecule is COc1cc(C)cc(C)c1C(N)CSc1cccc(Cl)c1.